The number of benzene rings is 1. The highest BCUT2D eigenvalue weighted by Crippen LogP contribution is 2.39. The fraction of sp³-hybridized carbons (Fsp3) is 0.571. The van der Waals surface area contributed by atoms with Crippen molar-refractivity contribution < 1.29 is 23.0 Å². The fourth-order valence-electron chi connectivity index (χ4n) is 2.81. The molecule has 0 radical (unpaired) electrons. The minimum Gasteiger partial charge on any atom is -0.486 e. The second kappa shape index (κ2) is 5.47. The van der Waals surface area contributed by atoms with Gasteiger partial charge >= 0.3 is 0 Å². The van der Waals surface area contributed by atoms with Gasteiger partial charge in [0.25, 0.3) is 0 Å². The van der Waals surface area contributed by atoms with Gasteiger partial charge in [0, 0.05) is 19.7 Å². The Hall–Kier alpha value is -1.31. The van der Waals surface area contributed by atoms with E-state index in [0.29, 0.717) is 37.8 Å². The summed E-state index contributed by atoms with van der Waals surface area (Å²) in [6, 6.07) is 4.90. The Balaban J connectivity index is 1.96. The number of aliphatic hydroxyl groups is 1. The summed E-state index contributed by atoms with van der Waals surface area (Å²) in [5.74, 6) is 0.884. The van der Waals surface area contributed by atoms with E-state index in [4.69, 9.17) is 9.47 Å². The van der Waals surface area contributed by atoms with Crippen LogP contribution in [0.25, 0.3) is 0 Å². The lowest BCUT2D eigenvalue weighted by Crippen LogP contribution is -2.30. The number of nitrogens with zero attached hydrogens (tertiary/aromatic N) is 1. The number of para-hydroxylation sites is 1. The Morgan fingerprint density at radius 2 is 2.05 bits per heavy atom. The van der Waals surface area contributed by atoms with Crippen LogP contribution in [0.15, 0.2) is 23.1 Å². The van der Waals surface area contributed by atoms with Crippen molar-refractivity contribution in [3.8, 4) is 11.5 Å². The third-order valence-corrected chi connectivity index (χ3v) is 5.97. The minimum absolute atomic E-state index is 0.000303. The number of aliphatic hydroxyl groups excluding tert-OH is 1. The fourth-order valence-corrected chi connectivity index (χ4v) is 4.55. The molecule has 7 heteroatoms. The topological polar surface area (TPSA) is 76.1 Å². The van der Waals surface area contributed by atoms with E-state index in [0.717, 1.165) is 0 Å². The van der Waals surface area contributed by atoms with E-state index >= 15 is 0 Å². The lowest BCUT2D eigenvalue weighted by Gasteiger charge is -2.23. The van der Waals surface area contributed by atoms with Crippen LogP contribution in [0.3, 0.4) is 0 Å². The largest absolute Gasteiger partial charge is 0.486 e. The van der Waals surface area contributed by atoms with E-state index in [1.54, 1.807) is 18.2 Å². The van der Waals surface area contributed by atoms with Crippen LogP contribution in [-0.4, -0.2) is 50.7 Å². The Morgan fingerprint density at radius 3 is 2.76 bits per heavy atom. The van der Waals surface area contributed by atoms with E-state index in [2.05, 4.69) is 0 Å². The summed E-state index contributed by atoms with van der Waals surface area (Å²) >= 11 is 0. The van der Waals surface area contributed by atoms with Gasteiger partial charge in [-0.3, -0.25) is 0 Å². The average Bonchev–Trinajstić information content (AvgIpc) is 2.88. The van der Waals surface area contributed by atoms with Crippen LogP contribution in [0, 0.1) is 11.8 Å². The summed E-state index contributed by atoms with van der Waals surface area (Å²) in [5, 5.41) is 9.32. The number of hydrogen-bond donors (Lipinski definition) is 1. The van der Waals surface area contributed by atoms with Gasteiger partial charge in [-0.05, 0) is 24.0 Å². The molecule has 21 heavy (non-hydrogen) atoms. The quantitative estimate of drug-likeness (QED) is 0.889. The van der Waals surface area contributed by atoms with Crippen LogP contribution in [0.2, 0.25) is 0 Å². The number of sulfonamides is 1. The van der Waals surface area contributed by atoms with Crippen molar-refractivity contribution in [3.05, 3.63) is 18.2 Å². The van der Waals surface area contributed by atoms with Gasteiger partial charge in [-0.15, -0.1) is 0 Å². The van der Waals surface area contributed by atoms with Crippen LogP contribution < -0.4 is 9.47 Å². The molecule has 2 aliphatic rings. The zero-order valence-electron chi connectivity index (χ0n) is 11.9. The Morgan fingerprint density at radius 1 is 1.29 bits per heavy atom. The standard InChI is InChI=1S/C14H19NO5S/c1-10-7-15(8-11(10)9-16)21(17,18)13-4-2-3-12-14(13)20-6-5-19-12/h2-4,10-11,16H,5-9H2,1H3/t10-,11+/m1/s1. The van der Waals surface area contributed by atoms with Gasteiger partial charge < -0.3 is 14.6 Å². The smallest absolute Gasteiger partial charge is 0.246 e. The van der Waals surface area contributed by atoms with Crippen molar-refractivity contribution in [2.24, 2.45) is 11.8 Å². The summed E-state index contributed by atoms with van der Waals surface area (Å²) in [5.41, 5.74) is 0. The van der Waals surface area contributed by atoms with E-state index in [9.17, 15) is 13.5 Å². The molecule has 1 fully saturated rings. The molecule has 0 saturated carbocycles. The monoisotopic (exact) mass is 313 g/mol. The van der Waals surface area contributed by atoms with Gasteiger partial charge in [0.1, 0.15) is 18.1 Å². The number of fused-ring (bicyclic) bond motifs is 1. The molecule has 0 aliphatic carbocycles. The molecule has 1 saturated heterocycles. The maximum Gasteiger partial charge on any atom is 0.246 e. The van der Waals surface area contributed by atoms with Crippen molar-refractivity contribution >= 4 is 10.0 Å². The molecule has 116 valence electrons. The molecule has 0 bridgehead atoms. The maximum absolute atomic E-state index is 12.8. The Bertz CT molecular complexity index is 630. The summed E-state index contributed by atoms with van der Waals surface area (Å²) in [4.78, 5) is 0.144. The molecule has 1 aromatic rings. The zero-order valence-corrected chi connectivity index (χ0v) is 12.7. The van der Waals surface area contributed by atoms with Crippen LogP contribution in [-0.2, 0) is 10.0 Å². The SMILES string of the molecule is C[C@@H]1CN(S(=O)(=O)c2cccc3c2OCCO3)C[C@H]1CO. The predicted molar refractivity (Wildman–Crippen MR) is 75.9 cm³/mol. The normalized spacial score (nSPS) is 26.0. The minimum atomic E-state index is -3.64. The summed E-state index contributed by atoms with van der Waals surface area (Å²) < 4.78 is 38.0. The van der Waals surface area contributed by atoms with Crippen LogP contribution >= 0.6 is 0 Å². The Labute approximate surface area is 124 Å². The highest BCUT2D eigenvalue weighted by Gasteiger charge is 2.38. The lowest BCUT2D eigenvalue weighted by molar-refractivity contribution is 0.166. The first-order valence-electron chi connectivity index (χ1n) is 7.03. The molecule has 3 rings (SSSR count). The van der Waals surface area contributed by atoms with Gasteiger partial charge in [0.05, 0.1) is 0 Å². The molecule has 0 unspecified atom stereocenters. The first kappa shape index (κ1) is 14.6. The molecule has 6 nitrogen and oxygen atoms in total. The van der Waals surface area contributed by atoms with E-state index in [1.165, 1.54) is 4.31 Å². The van der Waals surface area contributed by atoms with Crippen molar-refractivity contribution in [3.63, 3.8) is 0 Å². The van der Waals surface area contributed by atoms with Gasteiger partial charge in [-0.1, -0.05) is 13.0 Å². The second-order valence-corrected chi connectivity index (χ2v) is 7.43. The summed E-state index contributed by atoms with van der Waals surface area (Å²) in [6.45, 7) is 3.47. The van der Waals surface area contributed by atoms with E-state index in [1.807, 2.05) is 6.92 Å². The molecule has 2 heterocycles. The van der Waals surface area contributed by atoms with Gasteiger partial charge in [-0.2, -0.15) is 4.31 Å². The maximum atomic E-state index is 12.8. The second-order valence-electron chi connectivity index (χ2n) is 5.52. The summed E-state index contributed by atoms with van der Waals surface area (Å²) in [7, 11) is -3.64. The molecule has 0 amide bonds. The predicted octanol–water partition coefficient (Wildman–Crippen LogP) is 0.707. The van der Waals surface area contributed by atoms with Crippen LogP contribution in [0.4, 0.5) is 0 Å². The van der Waals surface area contributed by atoms with Gasteiger partial charge in [0.15, 0.2) is 11.5 Å². The molecular weight excluding hydrogens is 294 g/mol. The molecular formula is C14H19NO5S. The van der Waals surface area contributed by atoms with Crippen molar-refractivity contribution in [1.82, 2.24) is 4.31 Å². The molecule has 1 N–H and O–H groups in total. The molecule has 0 aromatic heterocycles. The number of rotatable bonds is 3. The average molecular weight is 313 g/mol. The molecule has 0 spiro atoms. The third-order valence-electron chi connectivity index (χ3n) is 4.12. The first-order valence-corrected chi connectivity index (χ1v) is 8.47. The third kappa shape index (κ3) is 2.49. The van der Waals surface area contributed by atoms with Crippen molar-refractivity contribution in [2.75, 3.05) is 32.9 Å². The molecule has 1 aromatic carbocycles. The van der Waals surface area contributed by atoms with E-state index < -0.39 is 10.0 Å². The number of ether oxygens (including phenoxy) is 2. The zero-order chi connectivity index (χ0) is 15.0. The number of hydrogen-bond acceptors (Lipinski definition) is 5. The Kier molecular flexibility index (Phi) is 3.81. The summed E-state index contributed by atoms with van der Waals surface area (Å²) in [6.07, 6.45) is 0. The van der Waals surface area contributed by atoms with Crippen molar-refractivity contribution in [1.29, 1.82) is 0 Å². The first-order chi connectivity index (χ1) is 10.0. The highest BCUT2D eigenvalue weighted by atomic mass is 32.2. The highest BCUT2D eigenvalue weighted by molar-refractivity contribution is 7.89. The molecule has 2 atom stereocenters. The molecule has 2 aliphatic heterocycles. The van der Waals surface area contributed by atoms with E-state index in [-0.39, 0.29) is 23.3 Å². The van der Waals surface area contributed by atoms with Gasteiger partial charge in [0.2, 0.25) is 10.0 Å². The van der Waals surface area contributed by atoms with Crippen LogP contribution in [0.1, 0.15) is 6.92 Å². The van der Waals surface area contributed by atoms with Crippen molar-refractivity contribution in [2.45, 2.75) is 11.8 Å². The van der Waals surface area contributed by atoms with Gasteiger partial charge in [-0.25, -0.2) is 8.42 Å². The lowest BCUT2D eigenvalue weighted by atomic mass is 10.00. The van der Waals surface area contributed by atoms with Crippen LogP contribution in [0.5, 0.6) is 11.5 Å².